The van der Waals surface area contributed by atoms with Gasteiger partial charge in [0, 0.05) is 17.9 Å². The number of fused-ring (bicyclic) bond motifs is 2. The molecule has 1 aromatic rings. The van der Waals surface area contributed by atoms with Gasteiger partial charge in [0.05, 0.1) is 7.11 Å². The first-order valence-corrected chi connectivity index (χ1v) is 6.66. The summed E-state index contributed by atoms with van der Waals surface area (Å²) in [6.45, 7) is 2.15. The fourth-order valence-electron chi connectivity index (χ4n) is 3.69. The van der Waals surface area contributed by atoms with Crippen molar-refractivity contribution in [3.8, 4) is 5.75 Å². The van der Waals surface area contributed by atoms with Crippen LogP contribution in [0.5, 0.6) is 5.75 Å². The molecule has 1 aromatic carbocycles. The Morgan fingerprint density at radius 2 is 2.33 bits per heavy atom. The predicted molar refractivity (Wildman–Crippen MR) is 69.8 cm³/mol. The van der Waals surface area contributed by atoms with Gasteiger partial charge in [0.2, 0.25) is 5.91 Å². The lowest BCUT2D eigenvalue weighted by Crippen LogP contribution is -2.38. The van der Waals surface area contributed by atoms with Crippen LogP contribution in [-0.2, 0) is 16.6 Å². The fraction of sp³-hybridized carbons (Fsp3) is 0.533. The SMILES string of the molecule is CCC1NC(=O)CC12CCc1ccc(OC)cc12. The highest BCUT2D eigenvalue weighted by Crippen LogP contribution is 2.48. The zero-order chi connectivity index (χ0) is 12.8. The van der Waals surface area contributed by atoms with Gasteiger partial charge in [-0.25, -0.2) is 0 Å². The quantitative estimate of drug-likeness (QED) is 0.867. The van der Waals surface area contributed by atoms with Crippen LogP contribution in [0.2, 0.25) is 0 Å². The van der Waals surface area contributed by atoms with E-state index in [-0.39, 0.29) is 17.4 Å². The van der Waals surface area contributed by atoms with E-state index >= 15 is 0 Å². The first-order valence-electron chi connectivity index (χ1n) is 6.66. The average molecular weight is 245 g/mol. The van der Waals surface area contributed by atoms with Crippen LogP contribution in [-0.4, -0.2) is 19.1 Å². The highest BCUT2D eigenvalue weighted by molar-refractivity contribution is 5.82. The third kappa shape index (κ3) is 1.46. The van der Waals surface area contributed by atoms with E-state index in [0.29, 0.717) is 6.42 Å². The molecule has 3 heteroatoms. The van der Waals surface area contributed by atoms with E-state index in [1.165, 1.54) is 11.1 Å². The number of aryl methyl sites for hydroxylation is 1. The van der Waals surface area contributed by atoms with Crippen molar-refractivity contribution in [2.24, 2.45) is 0 Å². The molecule has 3 nitrogen and oxygen atoms in total. The molecule has 2 unspecified atom stereocenters. The van der Waals surface area contributed by atoms with E-state index in [9.17, 15) is 4.79 Å². The summed E-state index contributed by atoms with van der Waals surface area (Å²) in [4.78, 5) is 11.8. The van der Waals surface area contributed by atoms with Gasteiger partial charge in [0.15, 0.2) is 0 Å². The van der Waals surface area contributed by atoms with Gasteiger partial charge in [-0.2, -0.15) is 0 Å². The molecule has 18 heavy (non-hydrogen) atoms. The molecule has 0 bridgehead atoms. The van der Waals surface area contributed by atoms with Crippen molar-refractivity contribution in [3.63, 3.8) is 0 Å². The molecule has 1 spiro atoms. The molecule has 1 amide bonds. The number of methoxy groups -OCH3 is 1. The van der Waals surface area contributed by atoms with Gasteiger partial charge in [-0.05, 0) is 42.5 Å². The molecule has 1 aliphatic carbocycles. The summed E-state index contributed by atoms with van der Waals surface area (Å²) in [5, 5.41) is 3.13. The lowest BCUT2D eigenvalue weighted by atomic mass is 9.74. The molecular formula is C15H19NO2. The minimum atomic E-state index is 0.00963. The molecule has 1 heterocycles. The van der Waals surface area contributed by atoms with Crippen molar-refractivity contribution < 1.29 is 9.53 Å². The summed E-state index contributed by atoms with van der Waals surface area (Å²) in [5.41, 5.74) is 2.72. The van der Waals surface area contributed by atoms with Gasteiger partial charge in [-0.1, -0.05) is 13.0 Å². The van der Waals surface area contributed by atoms with Crippen molar-refractivity contribution >= 4 is 5.91 Å². The molecular weight excluding hydrogens is 226 g/mol. The van der Waals surface area contributed by atoms with E-state index in [0.717, 1.165) is 25.0 Å². The normalized spacial score (nSPS) is 29.4. The van der Waals surface area contributed by atoms with Crippen LogP contribution in [0.4, 0.5) is 0 Å². The second kappa shape index (κ2) is 4.01. The summed E-state index contributed by atoms with van der Waals surface area (Å²) in [6, 6.07) is 6.57. The Morgan fingerprint density at radius 1 is 1.50 bits per heavy atom. The monoisotopic (exact) mass is 245 g/mol. The lowest BCUT2D eigenvalue weighted by molar-refractivity contribution is -0.119. The Kier molecular flexibility index (Phi) is 2.58. The van der Waals surface area contributed by atoms with E-state index < -0.39 is 0 Å². The number of nitrogens with one attached hydrogen (secondary N) is 1. The Balaban J connectivity index is 2.09. The minimum absolute atomic E-state index is 0.00963. The highest BCUT2D eigenvalue weighted by atomic mass is 16.5. The maximum Gasteiger partial charge on any atom is 0.221 e. The predicted octanol–water partition coefficient (Wildman–Crippen LogP) is 2.18. The molecule has 2 atom stereocenters. The Morgan fingerprint density at radius 3 is 3.06 bits per heavy atom. The maximum absolute atomic E-state index is 11.8. The van der Waals surface area contributed by atoms with Crippen molar-refractivity contribution in [2.75, 3.05) is 7.11 Å². The van der Waals surface area contributed by atoms with Crippen LogP contribution in [0.3, 0.4) is 0 Å². The summed E-state index contributed by atoms with van der Waals surface area (Å²) in [7, 11) is 1.69. The summed E-state index contributed by atoms with van der Waals surface area (Å²) in [6.07, 6.45) is 3.77. The molecule has 0 saturated carbocycles. The number of hydrogen-bond donors (Lipinski definition) is 1. The molecule has 3 rings (SSSR count). The number of amides is 1. The highest BCUT2D eigenvalue weighted by Gasteiger charge is 2.50. The van der Waals surface area contributed by atoms with Gasteiger partial charge in [0.1, 0.15) is 5.75 Å². The fourth-order valence-corrected chi connectivity index (χ4v) is 3.69. The molecule has 1 fully saturated rings. The molecule has 96 valence electrons. The Hall–Kier alpha value is -1.51. The van der Waals surface area contributed by atoms with Gasteiger partial charge in [-0.15, -0.1) is 0 Å². The number of hydrogen-bond acceptors (Lipinski definition) is 2. The van der Waals surface area contributed by atoms with Gasteiger partial charge in [0.25, 0.3) is 0 Å². The largest absolute Gasteiger partial charge is 0.497 e. The van der Waals surface area contributed by atoms with Gasteiger partial charge >= 0.3 is 0 Å². The van der Waals surface area contributed by atoms with Crippen LogP contribution < -0.4 is 10.1 Å². The number of carbonyl (C=O) groups excluding carboxylic acids is 1. The van der Waals surface area contributed by atoms with Gasteiger partial charge in [-0.3, -0.25) is 4.79 Å². The van der Waals surface area contributed by atoms with Crippen LogP contribution in [0, 0.1) is 0 Å². The first-order chi connectivity index (χ1) is 8.69. The minimum Gasteiger partial charge on any atom is -0.497 e. The van der Waals surface area contributed by atoms with E-state index in [1.807, 2.05) is 6.07 Å². The topological polar surface area (TPSA) is 38.3 Å². The molecule has 1 aliphatic heterocycles. The van der Waals surface area contributed by atoms with E-state index in [1.54, 1.807) is 7.11 Å². The van der Waals surface area contributed by atoms with Gasteiger partial charge < -0.3 is 10.1 Å². The van der Waals surface area contributed by atoms with Crippen molar-refractivity contribution in [1.29, 1.82) is 0 Å². The summed E-state index contributed by atoms with van der Waals surface area (Å²) >= 11 is 0. The number of carbonyl (C=O) groups is 1. The zero-order valence-electron chi connectivity index (χ0n) is 11.0. The maximum atomic E-state index is 11.8. The first kappa shape index (κ1) is 11.6. The molecule has 2 aliphatic rings. The Bertz CT molecular complexity index is 497. The molecule has 1 saturated heterocycles. The van der Waals surface area contributed by atoms with Crippen molar-refractivity contribution in [2.45, 2.75) is 44.1 Å². The lowest BCUT2D eigenvalue weighted by Gasteiger charge is -2.30. The Labute approximate surface area is 108 Å². The smallest absolute Gasteiger partial charge is 0.221 e. The van der Waals surface area contributed by atoms with Crippen LogP contribution >= 0.6 is 0 Å². The van der Waals surface area contributed by atoms with E-state index in [2.05, 4.69) is 24.4 Å². The second-order valence-corrected chi connectivity index (χ2v) is 5.38. The average Bonchev–Trinajstić information content (AvgIpc) is 2.91. The number of rotatable bonds is 2. The second-order valence-electron chi connectivity index (χ2n) is 5.38. The van der Waals surface area contributed by atoms with Crippen LogP contribution in [0.15, 0.2) is 18.2 Å². The number of benzene rings is 1. The summed E-state index contributed by atoms with van der Waals surface area (Å²) in [5.74, 6) is 1.08. The number of ether oxygens (including phenoxy) is 1. The third-order valence-corrected chi connectivity index (χ3v) is 4.58. The molecule has 0 radical (unpaired) electrons. The van der Waals surface area contributed by atoms with Crippen molar-refractivity contribution in [1.82, 2.24) is 5.32 Å². The molecule has 0 aromatic heterocycles. The standard InChI is InChI=1S/C15H19NO2/c1-3-13-15(9-14(17)16-13)7-6-10-4-5-11(18-2)8-12(10)15/h4-5,8,13H,3,6-7,9H2,1-2H3,(H,16,17). The third-order valence-electron chi connectivity index (χ3n) is 4.58. The van der Waals surface area contributed by atoms with Crippen molar-refractivity contribution in [3.05, 3.63) is 29.3 Å². The molecule has 1 N–H and O–H groups in total. The van der Waals surface area contributed by atoms with Crippen LogP contribution in [0.1, 0.15) is 37.3 Å². The van der Waals surface area contributed by atoms with Crippen LogP contribution in [0.25, 0.3) is 0 Å². The zero-order valence-corrected chi connectivity index (χ0v) is 11.0. The summed E-state index contributed by atoms with van der Waals surface area (Å²) < 4.78 is 5.33. The van der Waals surface area contributed by atoms with E-state index in [4.69, 9.17) is 4.74 Å².